The summed E-state index contributed by atoms with van der Waals surface area (Å²) in [6.45, 7) is 4.74. The van der Waals surface area contributed by atoms with E-state index in [-0.39, 0.29) is 6.03 Å². The second kappa shape index (κ2) is 7.11. The van der Waals surface area contributed by atoms with Gasteiger partial charge in [0.1, 0.15) is 12.2 Å². The molecule has 1 aliphatic carbocycles. The van der Waals surface area contributed by atoms with E-state index in [0.717, 1.165) is 51.1 Å². The van der Waals surface area contributed by atoms with Crippen LogP contribution in [0.25, 0.3) is 0 Å². The lowest BCUT2D eigenvalue weighted by Crippen LogP contribution is -2.48. The molecule has 0 bridgehead atoms. The molecule has 6 heteroatoms. The van der Waals surface area contributed by atoms with Crippen LogP contribution in [-0.4, -0.2) is 44.8 Å². The van der Waals surface area contributed by atoms with Gasteiger partial charge in [-0.15, -0.1) is 10.2 Å². The van der Waals surface area contributed by atoms with Gasteiger partial charge in [-0.1, -0.05) is 12.8 Å². The largest absolute Gasteiger partial charge is 0.335 e. The Morgan fingerprint density at radius 1 is 1.32 bits per heavy atom. The third-order valence-corrected chi connectivity index (χ3v) is 5.00. The Morgan fingerprint density at radius 3 is 2.91 bits per heavy atom. The van der Waals surface area contributed by atoms with Gasteiger partial charge in [0.05, 0.1) is 0 Å². The highest BCUT2D eigenvalue weighted by Crippen LogP contribution is 2.22. The van der Waals surface area contributed by atoms with Crippen molar-refractivity contribution in [3.63, 3.8) is 0 Å². The standard InChI is InChI=1S/C16H27N5O/c1-2-20-12-17-19-15(20)10-13-6-5-9-21(11-13)16(22)18-14-7-3-4-8-14/h12-14H,2-11H2,1H3,(H,18,22)/t13-/m1/s1. The van der Waals surface area contributed by atoms with Crippen LogP contribution in [0, 0.1) is 5.92 Å². The zero-order valence-electron chi connectivity index (χ0n) is 13.5. The van der Waals surface area contributed by atoms with Crippen molar-refractivity contribution in [3.05, 3.63) is 12.2 Å². The summed E-state index contributed by atoms with van der Waals surface area (Å²) in [7, 11) is 0. The first-order valence-electron chi connectivity index (χ1n) is 8.68. The highest BCUT2D eigenvalue weighted by molar-refractivity contribution is 5.74. The molecule has 2 aliphatic rings. The molecule has 2 fully saturated rings. The van der Waals surface area contributed by atoms with Crippen molar-refractivity contribution in [2.75, 3.05) is 13.1 Å². The first-order chi connectivity index (χ1) is 10.8. The summed E-state index contributed by atoms with van der Waals surface area (Å²) < 4.78 is 2.09. The molecule has 2 heterocycles. The number of hydrogen-bond acceptors (Lipinski definition) is 3. The fourth-order valence-electron chi connectivity index (χ4n) is 3.71. The number of urea groups is 1. The third-order valence-electron chi connectivity index (χ3n) is 5.00. The van der Waals surface area contributed by atoms with Crippen molar-refractivity contribution in [3.8, 4) is 0 Å². The van der Waals surface area contributed by atoms with Crippen LogP contribution in [0.2, 0.25) is 0 Å². The van der Waals surface area contributed by atoms with Crippen molar-refractivity contribution < 1.29 is 4.79 Å². The minimum absolute atomic E-state index is 0.133. The molecule has 122 valence electrons. The molecule has 3 rings (SSSR count). The maximum absolute atomic E-state index is 12.4. The first kappa shape index (κ1) is 15.3. The Morgan fingerprint density at radius 2 is 2.14 bits per heavy atom. The molecule has 1 aromatic rings. The Labute approximate surface area is 132 Å². The van der Waals surface area contributed by atoms with E-state index in [2.05, 4.69) is 27.0 Å². The van der Waals surface area contributed by atoms with Crippen LogP contribution in [0.3, 0.4) is 0 Å². The lowest BCUT2D eigenvalue weighted by Gasteiger charge is -2.33. The normalized spacial score (nSPS) is 23.0. The van der Waals surface area contributed by atoms with Gasteiger partial charge in [-0.25, -0.2) is 4.79 Å². The van der Waals surface area contributed by atoms with Gasteiger partial charge in [0.2, 0.25) is 0 Å². The summed E-state index contributed by atoms with van der Waals surface area (Å²) in [6.07, 6.45) is 9.75. The van der Waals surface area contributed by atoms with Crippen LogP contribution in [0.1, 0.15) is 51.3 Å². The summed E-state index contributed by atoms with van der Waals surface area (Å²) in [5.41, 5.74) is 0. The number of aromatic nitrogens is 3. The van der Waals surface area contributed by atoms with E-state index in [4.69, 9.17) is 0 Å². The van der Waals surface area contributed by atoms with E-state index in [1.54, 1.807) is 6.33 Å². The van der Waals surface area contributed by atoms with Crippen molar-refractivity contribution >= 4 is 6.03 Å². The van der Waals surface area contributed by atoms with Gasteiger partial charge in [0, 0.05) is 32.1 Å². The predicted octanol–water partition coefficient (Wildman–Crippen LogP) is 2.20. The molecule has 0 unspecified atom stereocenters. The Balaban J connectivity index is 1.53. The maximum Gasteiger partial charge on any atom is 0.317 e. The molecule has 1 aromatic heterocycles. The zero-order valence-corrected chi connectivity index (χ0v) is 13.5. The molecule has 1 saturated carbocycles. The van der Waals surface area contributed by atoms with Crippen LogP contribution in [0.15, 0.2) is 6.33 Å². The molecular formula is C16H27N5O. The molecule has 22 heavy (non-hydrogen) atoms. The summed E-state index contributed by atoms with van der Waals surface area (Å²) >= 11 is 0. The second-order valence-corrected chi connectivity index (χ2v) is 6.62. The first-order valence-corrected chi connectivity index (χ1v) is 8.68. The van der Waals surface area contributed by atoms with E-state index >= 15 is 0 Å². The quantitative estimate of drug-likeness (QED) is 0.927. The number of piperidine rings is 1. The maximum atomic E-state index is 12.4. The molecule has 0 radical (unpaired) electrons. The van der Waals surface area contributed by atoms with E-state index in [9.17, 15) is 4.79 Å². The van der Waals surface area contributed by atoms with Crippen LogP contribution < -0.4 is 5.32 Å². The molecule has 0 spiro atoms. The Bertz CT molecular complexity index is 494. The van der Waals surface area contributed by atoms with Gasteiger partial charge in [-0.05, 0) is 38.5 Å². The SMILES string of the molecule is CCn1cnnc1C[C@H]1CCCN(C(=O)NC2CCCC2)C1. The molecular weight excluding hydrogens is 278 g/mol. The zero-order chi connectivity index (χ0) is 15.4. The average Bonchev–Trinajstić information content (AvgIpc) is 3.19. The van der Waals surface area contributed by atoms with E-state index in [1.807, 2.05) is 4.90 Å². The Kier molecular flexibility index (Phi) is 4.95. The second-order valence-electron chi connectivity index (χ2n) is 6.62. The summed E-state index contributed by atoms with van der Waals surface area (Å²) in [5, 5.41) is 11.4. The number of carbonyl (C=O) groups is 1. The molecule has 0 aromatic carbocycles. The van der Waals surface area contributed by atoms with Gasteiger partial charge in [-0.2, -0.15) is 0 Å². The van der Waals surface area contributed by atoms with E-state index in [1.165, 1.54) is 19.3 Å². The van der Waals surface area contributed by atoms with Crippen molar-refractivity contribution in [1.82, 2.24) is 25.0 Å². The smallest absolute Gasteiger partial charge is 0.317 e. The number of amides is 2. The van der Waals surface area contributed by atoms with Crippen LogP contribution in [-0.2, 0) is 13.0 Å². The minimum atomic E-state index is 0.133. The number of nitrogens with one attached hydrogen (secondary N) is 1. The number of hydrogen-bond donors (Lipinski definition) is 1. The van der Waals surface area contributed by atoms with Crippen LogP contribution >= 0.6 is 0 Å². The highest BCUT2D eigenvalue weighted by atomic mass is 16.2. The van der Waals surface area contributed by atoms with Gasteiger partial charge in [0.15, 0.2) is 0 Å². The van der Waals surface area contributed by atoms with Crippen molar-refractivity contribution in [2.45, 2.75) is 64.5 Å². The molecule has 1 aliphatic heterocycles. The fourth-order valence-corrected chi connectivity index (χ4v) is 3.71. The molecule has 2 amide bonds. The fraction of sp³-hybridized carbons (Fsp3) is 0.812. The monoisotopic (exact) mass is 305 g/mol. The predicted molar refractivity (Wildman–Crippen MR) is 84.5 cm³/mol. The van der Waals surface area contributed by atoms with Crippen molar-refractivity contribution in [2.24, 2.45) is 5.92 Å². The molecule has 1 atom stereocenters. The van der Waals surface area contributed by atoms with Gasteiger partial charge < -0.3 is 14.8 Å². The van der Waals surface area contributed by atoms with E-state index in [0.29, 0.717) is 12.0 Å². The number of rotatable bonds is 4. The summed E-state index contributed by atoms with van der Waals surface area (Å²) in [4.78, 5) is 14.4. The Hall–Kier alpha value is -1.59. The average molecular weight is 305 g/mol. The van der Waals surface area contributed by atoms with Crippen LogP contribution in [0.4, 0.5) is 4.79 Å². The number of nitrogens with zero attached hydrogens (tertiary/aromatic N) is 4. The minimum Gasteiger partial charge on any atom is -0.335 e. The number of likely N-dealkylation sites (tertiary alicyclic amines) is 1. The topological polar surface area (TPSA) is 63.1 Å². The van der Waals surface area contributed by atoms with Crippen LogP contribution in [0.5, 0.6) is 0 Å². The molecule has 1 N–H and O–H groups in total. The van der Waals surface area contributed by atoms with Gasteiger partial charge >= 0.3 is 6.03 Å². The van der Waals surface area contributed by atoms with Gasteiger partial charge in [-0.3, -0.25) is 0 Å². The lowest BCUT2D eigenvalue weighted by molar-refractivity contribution is 0.161. The van der Waals surface area contributed by atoms with Crippen molar-refractivity contribution in [1.29, 1.82) is 0 Å². The van der Waals surface area contributed by atoms with Gasteiger partial charge in [0.25, 0.3) is 0 Å². The third kappa shape index (κ3) is 3.59. The number of aryl methyl sites for hydroxylation is 1. The molecule has 1 saturated heterocycles. The highest BCUT2D eigenvalue weighted by Gasteiger charge is 2.27. The lowest BCUT2D eigenvalue weighted by atomic mass is 9.94. The number of carbonyl (C=O) groups excluding carboxylic acids is 1. The molecule has 6 nitrogen and oxygen atoms in total. The summed E-state index contributed by atoms with van der Waals surface area (Å²) in [6, 6.07) is 0.532. The van der Waals surface area contributed by atoms with E-state index < -0.39 is 0 Å². The summed E-state index contributed by atoms with van der Waals surface area (Å²) in [5.74, 6) is 1.54.